The molecule has 2 aliphatic rings. The molecule has 39 heavy (non-hydrogen) atoms. The molecule has 1 aromatic heterocycles. The highest BCUT2D eigenvalue weighted by Gasteiger charge is 2.27. The summed E-state index contributed by atoms with van der Waals surface area (Å²) in [5.41, 5.74) is 6.78. The minimum absolute atomic E-state index is 0.289. The van der Waals surface area contributed by atoms with Crippen molar-refractivity contribution in [3.63, 3.8) is 0 Å². The Kier molecular flexibility index (Phi) is 10.6. The molecule has 2 saturated carbocycles. The highest BCUT2D eigenvalue weighted by atomic mass is 79.9. The van der Waals surface area contributed by atoms with Gasteiger partial charge in [-0.3, -0.25) is 4.99 Å². The van der Waals surface area contributed by atoms with Gasteiger partial charge in [0.15, 0.2) is 5.84 Å². The summed E-state index contributed by atoms with van der Waals surface area (Å²) < 4.78 is 6.91. The quantitative estimate of drug-likeness (QED) is 0.175. The number of hydrogen-bond acceptors (Lipinski definition) is 4. The van der Waals surface area contributed by atoms with E-state index in [1.54, 1.807) is 14.2 Å². The average molecular weight is 592 g/mol. The van der Waals surface area contributed by atoms with Crippen molar-refractivity contribution in [1.82, 2.24) is 4.98 Å². The van der Waals surface area contributed by atoms with E-state index < -0.39 is 0 Å². The molecule has 1 atom stereocenters. The molecule has 0 radical (unpaired) electrons. The largest absolute Gasteiger partial charge is 0.479 e. The first-order valence-electron chi connectivity index (χ1n) is 14.5. The number of rotatable bonds is 8. The number of aromatic nitrogens is 1. The zero-order valence-corrected chi connectivity index (χ0v) is 25.6. The van der Waals surface area contributed by atoms with E-state index in [4.69, 9.17) is 14.7 Å². The van der Waals surface area contributed by atoms with Crippen molar-refractivity contribution >= 4 is 33.2 Å². The molecule has 208 valence electrons. The fourth-order valence-corrected chi connectivity index (χ4v) is 6.42. The maximum absolute atomic E-state index is 5.73. The number of nitrogens with zero attached hydrogens (tertiary/aromatic N) is 4. The summed E-state index contributed by atoms with van der Waals surface area (Å²) in [6.07, 6.45) is 15.0. The molecule has 2 fully saturated rings. The van der Waals surface area contributed by atoms with Crippen LogP contribution in [0, 0.1) is 0 Å². The molecule has 2 aliphatic carbocycles. The Labute approximate surface area is 243 Å². The third kappa shape index (κ3) is 7.08. The van der Waals surface area contributed by atoms with Gasteiger partial charge in [-0.25, -0.2) is 9.98 Å². The van der Waals surface area contributed by atoms with Crippen LogP contribution in [0.25, 0.3) is 0 Å². The maximum atomic E-state index is 5.73. The fraction of sp³-hybridized carbons (Fsp3) is 0.485. The first kappa shape index (κ1) is 29.3. The van der Waals surface area contributed by atoms with Gasteiger partial charge in [-0.15, -0.1) is 0 Å². The zero-order valence-electron chi connectivity index (χ0n) is 24.0. The predicted octanol–water partition coefficient (Wildman–Crippen LogP) is 8.99. The molecular weight excluding hydrogens is 548 g/mol. The van der Waals surface area contributed by atoms with E-state index in [0.717, 1.165) is 42.8 Å². The monoisotopic (exact) mass is 590 g/mol. The van der Waals surface area contributed by atoms with Gasteiger partial charge in [-0.1, -0.05) is 66.4 Å². The second-order valence-corrected chi connectivity index (χ2v) is 11.5. The van der Waals surface area contributed by atoms with E-state index in [-0.39, 0.29) is 5.92 Å². The van der Waals surface area contributed by atoms with Crippen LogP contribution in [-0.4, -0.2) is 37.2 Å². The van der Waals surface area contributed by atoms with Gasteiger partial charge in [0.2, 0.25) is 5.88 Å². The lowest BCUT2D eigenvalue weighted by molar-refractivity contribution is 0.398. The van der Waals surface area contributed by atoms with Gasteiger partial charge in [0.1, 0.15) is 11.4 Å². The van der Waals surface area contributed by atoms with Crippen LogP contribution in [0.3, 0.4) is 0 Å². The van der Waals surface area contributed by atoms with Crippen LogP contribution >= 0.6 is 15.9 Å². The highest BCUT2D eigenvalue weighted by Crippen LogP contribution is 2.39. The van der Waals surface area contributed by atoms with E-state index in [0.29, 0.717) is 17.6 Å². The second-order valence-electron chi connectivity index (χ2n) is 10.7. The van der Waals surface area contributed by atoms with Crippen LogP contribution in [0.5, 0.6) is 5.88 Å². The van der Waals surface area contributed by atoms with Gasteiger partial charge >= 0.3 is 0 Å². The van der Waals surface area contributed by atoms with E-state index in [9.17, 15) is 0 Å². The van der Waals surface area contributed by atoms with Crippen molar-refractivity contribution in [2.45, 2.75) is 83.5 Å². The standard InChI is InChI=1S/C33H43BrN4O/c1-6-23(3)22-38(7-2)31-20-19-30(37-33(31)39-5)32(35-4)36-29-16-12-11-15-26(29)27-21-25(17-18-28(27)34)24-13-9-8-10-14-24/h6,17-22,24,26H,1,7-16H2,2-5H3/b23-22-,35-32?,36-29?/t26-/m0/s1. The Morgan fingerprint density at radius 2 is 1.90 bits per heavy atom. The van der Waals surface area contributed by atoms with Gasteiger partial charge in [-0.05, 0) is 86.8 Å². The predicted molar refractivity (Wildman–Crippen MR) is 169 cm³/mol. The molecule has 0 bridgehead atoms. The van der Waals surface area contributed by atoms with Gasteiger partial charge in [-0.2, -0.15) is 0 Å². The second kappa shape index (κ2) is 14.1. The van der Waals surface area contributed by atoms with Crippen LogP contribution in [-0.2, 0) is 0 Å². The first-order chi connectivity index (χ1) is 19.0. The SMILES string of the molecule is C=C/C(C)=C\N(CC)c1ccc(C(=NC)N=C2CCCC[C@H]2c2cc(C3CCCCC3)ccc2Br)nc1OC. The van der Waals surface area contributed by atoms with E-state index in [2.05, 4.69) is 63.7 Å². The lowest BCUT2D eigenvalue weighted by Gasteiger charge is -2.28. The molecule has 1 heterocycles. The lowest BCUT2D eigenvalue weighted by Crippen LogP contribution is -2.21. The smallest absolute Gasteiger partial charge is 0.238 e. The number of pyridine rings is 1. The van der Waals surface area contributed by atoms with Crippen LogP contribution in [0.4, 0.5) is 5.69 Å². The number of methoxy groups -OCH3 is 1. The number of aliphatic imine (C=N–C) groups is 2. The third-order valence-corrected chi connectivity index (χ3v) is 8.83. The molecule has 0 spiro atoms. The maximum Gasteiger partial charge on any atom is 0.238 e. The van der Waals surface area contributed by atoms with E-state index in [1.165, 1.54) is 59.8 Å². The molecule has 6 heteroatoms. The van der Waals surface area contributed by atoms with Crippen LogP contribution in [0.15, 0.2) is 69.2 Å². The lowest BCUT2D eigenvalue weighted by atomic mass is 9.79. The summed E-state index contributed by atoms with van der Waals surface area (Å²) in [5, 5.41) is 0. The number of benzene rings is 1. The van der Waals surface area contributed by atoms with Crippen molar-refractivity contribution < 1.29 is 4.74 Å². The van der Waals surface area contributed by atoms with Crippen molar-refractivity contribution in [3.8, 4) is 5.88 Å². The van der Waals surface area contributed by atoms with Crippen molar-refractivity contribution in [2.75, 3.05) is 25.6 Å². The molecule has 0 aliphatic heterocycles. The third-order valence-electron chi connectivity index (χ3n) is 8.11. The van der Waals surface area contributed by atoms with Gasteiger partial charge in [0.25, 0.3) is 0 Å². The molecule has 0 N–H and O–H groups in total. The summed E-state index contributed by atoms with van der Waals surface area (Å²) in [4.78, 5) is 16.7. The fourth-order valence-electron chi connectivity index (χ4n) is 5.90. The summed E-state index contributed by atoms with van der Waals surface area (Å²) in [6, 6.07) is 11.1. The summed E-state index contributed by atoms with van der Waals surface area (Å²) in [7, 11) is 3.46. The number of anilines is 1. The Morgan fingerprint density at radius 1 is 1.13 bits per heavy atom. The Morgan fingerprint density at radius 3 is 2.59 bits per heavy atom. The summed E-state index contributed by atoms with van der Waals surface area (Å²) in [5.74, 6) is 2.19. The Balaban J connectivity index is 1.66. The molecule has 0 saturated heterocycles. The van der Waals surface area contributed by atoms with Crippen LogP contribution in [0.2, 0.25) is 0 Å². The number of halogens is 1. The Bertz CT molecular complexity index is 1240. The average Bonchev–Trinajstić information content (AvgIpc) is 2.99. The molecule has 1 aromatic carbocycles. The first-order valence-corrected chi connectivity index (χ1v) is 15.2. The molecule has 0 unspecified atom stereocenters. The van der Waals surface area contributed by atoms with E-state index >= 15 is 0 Å². The minimum Gasteiger partial charge on any atom is -0.479 e. The van der Waals surface area contributed by atoms with Crippen molar-refractivity contribution in [1.29, 1.82) is 0 Å². The summed E-state index contributed by atoms with van der Waals surface area (Å²) >= 11 is 3.89. The Hall–Kier alpha value is -2.73. The molecular formula is C33H43BrN4O. The van der Waals surface area contributed by atoms with Crippen LogP contribution < -0.4 is 9.64 Å². The molecule has 5 nitrogen and oxygen atoms in total. The number of amidine groups is 1. The van der Waals surface area contributed by atoms with Gasteiger partial charge in [0.05, 0.1) is 7.11 Å². The number of hydrogen-bond donors (Lipinski definition) is 0. The molecule has 2 aromatic rings. The number of allylic oxidation sites excluding steroid dienone is 2. The minimum atomic E-state index is 0.289. The molecule has 0 amide bonds. The topological polar surface area (TPSA) is 50.1 Å². The highest BCUT2D eigenvalue weighted by molar-refractivity contribution is 9.10. The van der Waals surface area contributed by atoms with E-state index in [1.807, 2.05) is 25.1 Å². The van der Waals surface area contributed by atoms with Gasteiger partial charge in [0, 0.05) is 35.9 Å². The van der Waals surface area contributed by atoms with Gasteiger partial charge < -0.3 is 9.64 Å². The molecule has 4 rings (SSSR count). The zero-order chi connectivity index (χ0) is 27.8. The number of ether oxygens (including phenoxy) is 1. The van der Waals surface area contributed by atoms with Crippen LogP contribution in [0.1, 0.15) is 100 Å². The van der Waals surface area contributed by atoms with Crippen molar-refractivity contribution in [3.05, 3.63) is 76.1 Å². The summed E-state index contributed by atoms with van der Waals surface area (Å²) in [6.45, 7) is 8.80. The van der Waals surface area contributed by atoms with Crippen molar-refractivity contribution in [2.24, 2.45) is 9.98 Å². The normalized spacial score (nSPS) is 20.2.